The Hall–Kier alpha value is -1.68. The fourth-order valence-electron chi connectivity index (χ4n) is 3.42. The molecular weight excluding hydrogens is 378 g/mol. The number of nitrogens with one attached hydrogen (secondary N) is 1. The van der Waals surface area contributed by atoms with Gasteiger partial charge in [-0.1, -0.05) is 12.1 Å². The zero-order chi connectivity index (χ0) is 19.8. The summed E-state index contributed by atoms with van der Waals surface area (Å²) < 4.78 is 32.0. The van der Waals surface area contributed by atoms with Gasteiger partial charge in [-0.3, -0.25) is 4.90 Å². The third-order valence-electron chi connectivity index (χ3n) is 5.12. The van der Waals surface area contributed by atoms with Crippen molar-refractivity contribution in [3.63, 3.8) is 0 Å². The molecule has 2 aliphatic rings. The minimum Gasteiger partial charge on any atom is -0.379 e. The molecule has 156 valence electrons. The van der Waals surface area contributed by atoms with Crippen LogP contribution in [0, 0.1) is 0 Å². The molecule has 0 atom stereocenters. The molecule has 9 heteroatoms. The Morgan fingerprint density at radius 3 is 2.46 bits per heavy atom. The predicted molar refractivity (Wildman–Crippen MR) is 110 cm³/mol. The molecule has 3 rings (SSSR count). The van der Waals surface area contributed by atoms with Gasteiger partial charge in [-0.05, 0) is 43.5 Å². The van der Waals surface area contributed by atoms with Crippen LogP contribution in [0.2, 0.25) is 0 Å². The topological polar surface area (TPSA) is 100 Å². The van der Waals surface area contributed by atoms with Crippen LogP contribution in [0.25, 0.3) is 0 Å². The van der Waals surface area contributed by atoms with Crippen molar-refractivity contribution in [2.24, 2.45) is 10.7 Å². The van der Waals surface area contributed by atoms with Gasteiger partial charge in [0.1, 0.15) is 0 Å². The number of hydrogen-bond acceptors (Lipinski definition) is 5. The van der Waals surface area contributed by atoms with Gasteiger partial charge < -0.3 is 15.8 Å². The van der Waals surface area contributed by atoms with Crippen LogP contribution < -0.4 is 11.1 Å². The Morgan fingerprint density at radius 1 is 1.11 bits per heavy atom. The van der Waals surface area contributed by atoms with Gasteiger partial charge >= 0.3 is 0 Å². The first-order valence-electron chi connectivity index (χ1n) is 9.99. The average Bonchev–Trinajstić information content (AvgIpc) is 3.27. The summed E-state index contributed by atoms with van der Waals surface area (Å²) in [6, 6.07) is 6.92. The van der Waals surface area contributed by atoms with Gasteiger partial charge in [0.2, 0.25) is 10.0 Å². The molecule has 0 amide bonds. The zero-order valence-electron chi connectivity index (χ0n) is 16.3. The molecule has 2 heterocycles. The molecular formula is C19H31N5O3S. The Kier molecular flexibility index (Phi) is 7.66. The number of aliphatic imine (C=N–C) groups is 1. The van der Waals surface area contributed by atoms with Gasteiger partial charge in [-0.2, -0.15) is 4.31 Å². The molecule has 2 fully saturated rings. The minimum atomic E-state index is -3.36. The molecule has 0 aliphatic carbocycles. The van der Waals surface area contributed by atoms with E-state index in [-0.39, 0.29) is 0 Å². The highest BCUT2D eigenvalue weighted by Gasteiger charge is 2.26. The van der Waals surface area contributed by atoms with E-state index in [0.29, 0.717) is 30.5 Å². The number of benzene rings is 1. The van der Waals surface area contributed by atoms with E-state index in [1.54, 1.807) is 28.6 Å². The predicted octanol–water partition coefficient (Wildman–Crippen LogP) is 0.598. The molecule has 0 spiro atoms. The first kappa shape index (κ1) is 21.0. The SMILES string of the molecule is NC(=NCc1ccc(S(=O)(=O)N2CCCC2)cc1)NCCCN1CCOCC1. The largest absolute Gasteiger partial charge is 0.379 e. The summed E-state index contributed by atoms with van der Waals surface area (Å²) >= 11 is 0. The van der Waals surface area contributed by atoms with Crippen LogP contribution in [0.3, 0.4) is 0 Å². The number of nitrogens with zero attached hydrogens (tertiary/aromatic N) is 3. The summed E-state index contributed by atoms with van der Waals surface area (Å²) in [5.41, 5.74) is 6.85. The second-order valence-corrected chi connectivity index (χ2v) is 9.13. The number of rotatable bonds is 8. The molecule has 28 heavy (non-hydrogen) atoms. The molecule has 3 N–H and O–H groups in total. The van der Waals surface area contributed by atoms with E-state index < -0.39 is 10.0 Å². The number of morpholine rings is 1. The normalized spacial score (nSPS) is 19.8. The summed E-state index contributed by atoms with van der Waals surface area (Å²) in [6.45, 7) is 7.07. The fraction of sp³-hybridized carbons (Fsp3) is 0.632. The highest BCUT2D eigenvalue weighted by Crippen LogP contribution is 2.21. The van der Waals surface area contributed by atoms with E-state index in [2.05, 4.69) is 15.2 Å². The van der Waals surface area contributed by atoms with Gasteiger partial charge in [0, 0.05) is 32.7 Å². The highest BCUT2D eigenvalue weighted by atomic mass is 32.2. The molecule has 1 aromatic rings. The van der Waals surface area contributed by atoms with Gasteiger partial charge in [0.15, 0.2) is 5.96 Å². The van der Waals surface area contributed by atoms with Crippen molar-refractivity contribution in [1.82, 2.24) is 14.5 Å². The van der Waals surface area contributed by atoms with Crippen molar-refractivity contribution in [3.8, 4) is 0 Å². The summed E-state index contributed by atoms with van der Waals surface area (Å²) in [7, 11) is -3.36. The maximum Gasteiger partial charge on any atom is 0.243 e. The third-order valence-corrected chi connectivity index (χ3v) is 7.03. The Morgan fingerprint density at radius 2 is 1.79 bits per heavy atom. The molecule has 0 saturated carbocycles. The van der Waals surface area contributed by atoms with E-state index in [9.17, 15) is 8.42 Å². The second-order valence-electron chi connectivity index (χ2n) is 7.19. The lowest BCUT2D eigenvalue weighted by Gasteiger charge is -2.26. The van der Waals surface area contributed by atoms with Crippen molar-refractivity contribution in [2.75, 3.05) is 52.5 Å². The van der Waals surface area contributed by atoms with E-state index in [1.165, 1.54) is 0 Å². The van der Waals surface area contributed by atoms with Crippen LogP contribution in [0.5, 0.6) is 0 Å². The molecule has 1 aromatic carbocycles. The van der Waals surface area contributed by atoms with Crippen molar-refractivity contribution in [2.45, 2.75) is 30.7 Å². The van der Waals surface area contributed by atoms with E-state index >= 15 is 0 Å². The van der Waals surface area contributed by atoms with Crippen molar-refractivity contribution in [3.05, 3.63) is 29.8 Å². The van der Waals surface area contributed by atoms with Crippen LogP contribution in [-0.2, 0) is 21.3 Å². The number of nitrogens with two attached hydrogens (primary N) is 1. The maximum atomic E-state index is 12.5. The second kappa shape index (κ2) is 10.2. The quantitative estimate of drug-likeness (QED) is 0.370. The number of guanidine groups is 1. The van der Waals surface area contributed by atoms with Gasteiger partial charge in [0.25, 0.3) is 0 Å². The first-order valence-corrected chi connectivity index (χ1v) is 11.4. The maximum absolute atomic E-state index is 12.5. The summed E-state index contributed by atoms with van der Waals surface area (Å²) in [6.07, 6.45) is 2.87. The van der Waals surface area contributed by atoms with Gasteiger partial charge in [0.05, 0.1) is 24.7 Å². The molecule has 2 aliphatic heterocycles. The van der Waals surface area contributed by atoms with Gasteiger partial charge in [-0.25, -0.2) is 13.4 Å². The monoisotopic (exact) mass is 409 g/mol. The van der Waals surface area contributed by atoms with Crippen LogP contribution in [0.15, 0.2) is 34.2 Å². The van der Waals surface area contributed by atoms with Gasteiger partial charge in [-0.15, -0.1) is 0 Å². The Bertz CT molecular complexity index is 739. The molecule has 0 radical (unpaired) electrons. The van der Waals surface area contributed by atoms with Crippen molar-refractivity contribution < 1.29 is 13.2 Å². The van der Waals surface area contributed by atoms with Crippen molar-refractivity contribution >= 4 is 16.0 Å². The highest BCUT2D eigenvalue weighted by molar-refractivity contribution is 7.89. The van der Waals surface area contributed by atoms with E-state index in [0.717, 1.165) is 64.2 Å². The fourth-order valence-corrected chi connectivity index (χ4v) is 4.94. The molecule has 0 unspecified atom stereocenters. The lowest BCUT2D eigenvalue weighted by molar-refractivity contribution is 0.0376. The Labute approximate surface area is 167 Å². The van der Waals surface area contributed by atoms with Crippen molar-refractivity contribution in [1.29, 1.82) is 0 Å². The Balaban J connectivity index is 1.41. The first-order chi connectivity index (χ1) is 13.6. The molecule has 2 saturated heterocycles. The molecule has 0 bridgehead atoms. The van der Waals surface area contributed by atoms with Crippen LogP contribution >= 0.6 is 0 Å². The number of ether oxygens (including phenoxy) is 1. The van der Waals surface area contributed by atoms with Crippen LogP contribution in [0.1, 0.15) is 24.8 Å². The van der Waals surface area contributed by atoms with E-state index in [1.807, 2.05) is 0 Å². The third kappa shape index (κ3) is 5.91. The standard InChI is InChI=1S/C19H31N5O3S/c20-19(21-8-3-9-23-12-14-27-15-13-23)22-16-17-4-6-18(7-5-17)28(25,26)24-10-1-2-11-24/h4-7H,1-3,8-16H2,(H3,20,21,22). The summed E-state index contributed by atoms with van der Waals surface area (Å²) in [5, 5.41) is 3.13. The van der Waals surface area contributed by atoms with Crippen LogP contribution in [-0.4, -0.2) is 76.1 Å². The average molecular weight is 410 g/mol. The smallest absolute Gasteiger partial charge is 0.243 e. The molecule has 0 aromatic heterocycles. The summed E-state index contributed by atoms with van der Waals surface area (Å²) in [4.78, 5) is 7.07. The van der Waals surface area contributed by atoms with E-state index in [4.69, 9.17) is 10.5 Å². The van der Waals surface area contributed by atoms with Crippen LogP contribution in [0.4, 0.5) is 0 Å². The lowest BCUT2D eigenvalue weighted by Crippen LogP contribution is -2.39. The number of hydrogen-bond donors (Lipinski definition) is 2. The zero-order valence-corrected chi connectivity index (χ0v) is 17.2. The lowest BCUT2D eigenvalue weighted by atomic mass is 10.2. The minimum absolute atomic E-state index is 0.344. The summed E-state index contributed by atoms with van der Waals surface area (Å²) in [5.74, 6) is 0.413. The number of sulfonamides is 1. The molecule has 8 nitrogen and oxygen atoms in total.